The summed E-state index contributed by atoms with van der Waals surface area (Å²) in [5, 5.41) is 7.44. The standard InChI is InChI=1S/C15H24N2O2/c1-4-6-11(3)10-19-13-8-7-12(15(16)17)9-14(13)18-5-2/h7-9,11H,4-6,10H2,1-3H3,(H3,16,17). The Labute approximate surface area is 115 Å². The molecule has 1 aromatic carbocycles. The van der Waals surface area contributed by atoms with Gasteiger partial charge in [0.15, 0.2) is 11.5 Å². The van der Waals surface area contributed by atoms with Crippen LogP contribution in [0.5, 0.6) is 11.5 Å². The van der Waals surface area contributed by atoms with Crippen LogP contribution >= 0.6 is 0 Å². The van der Waals surface area contributed by atoms with E-state index >= 15 is 0 Å². The second-order valence-corrected chi connectivity index (χ2v) is 4.71. The van der Waals surface area contributed by atoms with Crippen molar-refractivity contribution in [1.82, 2.24) is 0 Å². The van der Waals surface area contributed by atoms with Crippen molar-refractivity contribution in [2.24, 2.45) is 11.7 Å². The highest BCUT2D eigenvalue weighted by atomic mass is 16.5. The van der Waals surface area contributed by atoms with Crippen LogP contribution in [0.2, 0.25) is 0 Å². The van der Waals surface area contributed by atoms with Crippen LogP contribution in [0, 0.1) is 11.3 Å². The van der Waals surface area contributed by atoms with Gasteiger partial charge in [-0.1, -0.05) is 20.3 Å². The fraction of sp³-hybridized carbons (Fsp3) is 0.533. The number of ether oxygens (including phenoxy) is 2. The van der Waals surface area contributed by atoms with Crippen LogP contribution < -0.4 is 15.2 Å². The quantitative estimate of drug-likeness (QED) is 0.559. The third kappa shape index (κ3) is 4.81. The number of amidine groups is 1. The Kier molecular flexibility index (Phi) is 6.19. The Morgan fingerprint density at radius 3 is 2.58 bits per heavy atom. The maximum Gasteiger partial charge on any atom is 0.161 e. The summed E-state index contributed by atoms with van der Waals surface area (Å²) >= 11 is 0. The lowest BCUT2D eigenvalue weighted by Crippen LogP contribution is -2.12. The highest BCUT2D eigenvalue weighted by molar-refractivity contribution is 5.95. The van der Waals surface area contributed by atoms with E-state index in [-0.39, 0.29) is 5.84 Å². The lowest BCUT2D eigenvalue weighted by molar-refractivity contribution is 0.234. The van der Waals surface area contributed by atoms with Crippen LogP contribution in [0.15, 0.2) is 18.2 Å². The molecular weight excluding hydrogens is 240 g/mol. The third-order valence-electron chi connectivity index (χ3n) is 2.86. The molecule has 0 aliphatic heterocycles. The van der Waals surface area contributed by atoms with Gasteiger partial charge in [-0.3, -0.25) is 5.41 Å². The molecule has 0 saturated carbocycles. The summed E-state index contributed by atoms with van der Waals surface area (Å²) in [6.07, 6.45) is 2.31. The van der Waals surface area contributed by atoms with E-state index in [4.69, 9.17) is 20.6 Å². The van der Waals surface area contributed by atoms with Gasteiger partial charge in [0.25, 0.3) is 0 Å². The van der Waals surface area contributed by atoms with E-state index in [1.807, 2.05) is 13.0 Å². The van der Waals surface area contributed by atoms with Gasteiger partial charge >= 0.3 is 0 Å². The van der Waals surface area contributed by atoms with Gasteiger partial charge in [0.05, 0.1) is 13.2 Å². The molecular formula is C15H24N2O2. The molecule has 1 atom stereocenters. The SMILES string of the molecule is CCCC(C)COc1ccc(C(=N)N)cc1OCC. The summed E-state index contributed by atoms with van der Waals surface area (Å²) in [6, 6.07) is 5.36. The van der Waals surface area contributed by atoms with Crippen LogP contribution in [-0.4, -0.2) is 19.0 Å². The first-order valence-corrected chi connectivity index (χ1v) is 6.82. The van der Waals surface area contributed by atoms with E-state index in [1.165, 1.54) is 0 Å². The Morgan fingerprint density at radius 1 is 1.26 bits per heavy atom. The molecule has 4 nitrogen and oxygen atoms in total. The fourth-order valence-corrected chi connectivity index (χ4v) is 1.87. The maximum atomic E-state index is 7.44. The summed E-state index contributed by atoms with van der Waals surface area (Å²) in [5.74, 6) is 1.92. The molecule has 0 amide bonds. The lowest BCUT2D eigenvalue weighted by atomic mass is 10.1. The Hall–Kier alpha value is -1.71. The highest BCUT2D eigenvalue weighted by Crippen LogP contribution is 2.29. The summed E-state index contributed by atoms with van der Waals surface area (Å²) < 4.78 is 11.3. The maximum absolute atomic E-state index is 7.44. The number of nitrogen functional groups attached to an aromatic ring is 1. The van der Waals surface area contributed by atoms with Crippen molar-refractivity contribution in [1.29, 1.82) is 5.41 Å². The van der Waals surface area contributed by atoms with E-state index in [0.29, 0.717) is 30.4 Å². The minimum absolute atomic E-state index is 0.0341. The van der Waals surface area contributed by atoms with Gasteiger partial charge < -0.3 is 15.2 Å². The predicted molar refractivity (Wildman–Crippen MR) is 78.2 cm³/mol. The zero-order valence-electron chi connectivity index (χ0n) is 12.0. The van der Waals surface area contributed by atoms with Gasteiger partial charge in [-0.25, -0.2) is 0 Å². The normalized spacial score (nSPS) is 11.9. The minimum Gasteiger partial charge on any atom is -0.490 e. The number of nitrogens with two attached hydrogens (primary N) is 1. The molecule has 19 heavy (non-hydrogen) atoms. The van der Waals surface area contributed by atoms with E-state index in [1.54, 1.807) is 12.1 Å². The lowest BCUT2D eigenvalue weighted by Gasteiger charge is -2.16. The van der Waals surface area contributed by atoms with Gasteiger partial charge in [-0.15, -0.1) is 0 Å². The van der Waals surface area contributed by atoms with Crippen molar-refractivity contribution in [3.63, 3.8) is 0 Å². The topological polar surface area (TPSA) is 68.3 Å². The second kappa shape index (κ2) is 7.67. The van der Waals surface area contributed by atoms with Gasteiger partial charge in [0.1, 0.15) is 5.84 Å². The molecule has 1 aromatic rings. The zero-order valence-corrected chi connectivity index (χ0v) is 12.0. The van der Waals surface area contributed by atoms with Gasteiger partial charge in [0.2, 0.25) is 0 Å². The molecule has 1 unspecified atom stereocenters. The first-order chi connectivity index (χ1) is 9.08. The van der Waals surface area contributed by atoms with Crippen molar-refractivity contribution in [2.45, 2.75) is 33.6 Å². The smallest absolute Gasteiger partial charge is 0.161 e. The number of nitrogens with one attached hydrogen (secondary N) is 1. The van der Waals surface area contributed by atoms with Gasteiger partial charge in [0, 0.05) is 5.56 Å². The highest BCUT2D eigenvalue weighted by Gasteiger charge is 2.09. The summed E-state index contributed by atoms with van der Waals surface area (Å²) in [4.78, 5) is 0. The summed E-state index contributed by atoms with van der Waals surface area (Å²) in [6.45, 7) is 7.50. The van der Waals surface area contributed by atoms with Crippen LogP contribution in [0.3, 0.4) is 0 Å². The summed E-state index contributed by atoms with van der Waals surface area (Å²) in [7, 11) is 0. The molecule has 4 heteroatoms. The van der Waals surface area contributed by atoms with Crippen LogP contribution in [-0.2, 0) is 0 Å². The van der Waals surface area contributed by atoms with Gasteiger partial charge in [-0.2, -0.15) is 0 Å². The van der Waals surface area contributed by atoms with Crippen LogP contribution in [0.25, 0.3) is 0 Å². The van der Waals surface area contributed by atoms with E-state index < -0.39 is 0 Å². The second-order valence-electron chi connectivity index (χ2n) is 4.71. The molecule has 0 aromatic heterocycles. The molecule has 0 bridgehead atoms. The van der Waals surface area contributed by atoms with Crippen molar-refractivity contribution >= 4 is 5.84 Å². The third-order valence-corrected chi connectivity index (χ3v) is 2.86. The molecule has 0 saturated heterocycles. The molecule has 106 valence electrons. The Bertz CT molecular complexity index is 419. The molecule has 3 N–H and O–H groups in total. The molecule has 0 aliphatic rings. The first kappa shape index (κ1) is 15.3. The Morgan fingerprint density at radius 2 is 2.00 bits per heavy atom. The summed E-state index contributed by atoms with van der Waals surface area (Å²) in [5.41, 5.74) is 6.13. The fourth-order valence-electron chi connectivity index (χ4n) is 1.87. The first-order valence-electron chi connectivity index (χ1n) is 6.82. The molecule has 0 heterocycles. The van der Waals surface area contributed by atoms with Crippen LogP contribution in [0.1, 0.15) is 39.2 Å². The number of benzene rings is 1. The zero-order chi connectivity index (χ0) is 14.3. The average molecular weight is 264 g/mol. The Balaban J connectivity index is 2.78. The number of hydrogen-bond donors (Lipinski definition) is 2. The van der Waals surface area contributed by atoms with Crippen molar-refractivity contribution < 1.29 is 9.47 Å². The number of rotatable bonds is 8. The molecule has 0 fully saturated rings. The monoisotopic (exact) mass is 264 g/mol. The van der Waals surface area contributed by atoms with E-state index in [0.717, 1.165) is 18.6 Å². The largest absolute Gasteiger partial charge is 0.490 e. The van der Waals surface area contributed by atoms with Crippen molar-refractivity contribution in [3.8, 4) is 11.5 Å². The number of hydrogen-bond acceptors (Lipinski definition) is 3. The van der Waals surface area contributed by atoms with E-state index in [9.17, 15) is 0 Å². The molecule has 0 aliphatic carbocycles. The van der Waals surface area contributed by atoms with Crippen molar-refractivity contribution in [3.05, 3.63) is 23.8 Å². The van der Waals surface area contributed by atoms with Gasteiger partial charge in [-0.05, 0) is 37.5 Å². The molecule has 0 radical (unpaired) electrons. The van der Waals surface area contributed by atoms with Crippen molar-refractivity contribution in [2.75, 3.05) is 13.2 Å². The molecule has 0 spiro atoms. The predicted octanol–water partition coefficient (Wildman–Crippen LogP) is 3.18. The minimum atomic E-state index is 0.0341. The van der Waals surface area contributed by atoms with Crippen LogP contribution in [0.4, 0.5) is 0 Å². The molecule has 1 rings (SSSR count). The van der Waals surface area contributed by atoms with E-state index in [2.05, 4.69) is 13.8 Å². The average Bonchev–Trinajstić information content (AvgIpc) is 2.37.